The van der Waals surface area contributed by atoms with Crippen LogP contribution in [-0.4, -0.2) is 58.2 Å². The van der Waals surface area contributed by atoms with Crippen LogP contribution in [0.25, 0.3) is 0 Å². The van der Waals surface area contributed by atoms with Crippen LogP contribution in [0.4, 0.5) is 0 Å². The van der Waals surface area contributed by atoms with Gasteiger partial charge in [0, 0.05) is 32.1 Å². The molecule has 0 aliphatic carbocycles. The van der Waals surface area contributed by atoms with Gasteiger partial charge in [-0.15, -0.1) is 0 Å². The molecule has 0 bridgehead atoms. The highest BCUT2D eigenvalue weighted by Crippen LogP contribution is 2.23. The lowest BCUT2D eigenvalue weighted by molar-refractivity contribution is -0.129. The summed E-state index contributed by atoms with van der Waals surface area (Å²) in [4.78, 5) is 15.5. The number of aliphatic hydroxyl groups excluding tert-OH is 1. The fraction of sp³-hybridized carbons (Fsp3) is 0.588. The zero-order valence-electron chi connectivity index (χ0n) is 13.4. The van der Waals surface area contributed by atoms with Gasteiger partial charge in [0.1, 0.15) is 5.75 Å². The number of aliphatic hydroxyl groups is 1. The Morgan fingerprint density at radius 2 is 2.18 bits per heavy atom. The van der Waals surface area contributed by atoms with Gasteiger partial charge in [0.2, 0.25) is 5.91 Å². The van der Waals surface area contributed by atoms with E-state index in [1.165, 1.54) is 0 Å². The van der Waals surface area contributed by atoms with Crippen LogP contribution in [0, 0.1) is 0 Å². The molecule has 1 heterocycles. The second-order valence-corrected chi connectivity index (χ2v) is 5.96. The molecule has 22 heavy (non-hydrogen) atoms. The van der Waals surface area contributed by atoms with E-state index < -0.39 is 6.10 Å². The van der Waals surface area contributed by atoms with Crippen LogP contribution in [0.5, 0.6) is 5.75 Å². The van der Waals surface area contributed by atoms with Crippen LogP contribution >= 0.6 is 0 Å². The van der Waals surface area contributed by atoms with Gasteiger partial charge in [0.25, 0.3) is 0 Å². The minimum atomic E-state index is -0.554. The van der Waals surface area contributed by atoms with Crippen LogP contribution in [0.15, 0.2) is 24.3 Å². The number of benzene rings is 1. The van der Waals surface area contributed by atoms with Crippen molar-refractivity contribution in [3.05, 3.63) is 29.8 Å². The molecule has 1 aliphatic rings. The van der Waals surface area contributed by atoms with E-state index in [0.717, 1.165) is 25.1 Å². The van der Waals surface area contributed by atoms with E-state index >= 15 is 0 Å². The quantitative estimate of drug-likeness (QED) is 0.806. The molecule has 1 aromatic rings. The van der Waals surface area contributed by atoms with Crippen LogP contribution < -0.4 is 0 Å². The average Bonchev–Trinajstić information content (AvgIpc) is 2.89. The number of amides is 1. The van der Waals surface area contributed by atoms with Crippen LogP contribution in [0.1, 0.15) is 38.3 Å². The monoisotopic (exact) mass is 306 g/mol. The molecule has 1 aromatic carbocycles. The van der Waals surface area contributed by atoms with Crippen molar-refractivity contribution < 1.29 is 15.0 Å². The topological polar surface area (TPSA) is 64.0 Å². The number of hydrogen-bond donors (Lipinski definition) is 2. The fourth-order valence-corrected chi connectivity index (χ4v) is 3.04. The van der Waals surface area contributed by atoms with E-state index in [-0.39, 0.29) is 17.7 Å². The molecule has 0 aromatic heterocycles. The third-order valence-electron chi connectivity index (χ3n) is 4.35. The van der Waals surface area contributed by atoms with Crippen LogP contribution in [0.2, 0.25) is 0 Å². The predicted molar refractivity (Wildman–Crippen MR) is 85.6 cm³/mol. The maximum atomic E-state index is 11.6. The molecule has 122 valence electrons. The summed E-state index contributed by atoms with van der Waals surface area (Å²) in [5.41, 5.74) is 1.02. The SMILES string of the molecule is CCN(CC(O)CN1CCCC1=O)C(C)c1cccc(O)c1. The Balaban J connectivity index is 1.94. The van der Waals surface area contributed by atoms with Crippen LogP contribution in [0.3, 0.4) is 0 Å². The molecule has 1 aliphatic heterocycles. The molecular weight excluding hydrogens is 280 g/mol. The number of phenolic OH excluding ortho intramolecular Hbond substituents is 1. The number of aromatic hydroxyl groups is 1. The average molecular weight is 306 g/mol. The van der Waals surface area contributed by atoms with Crippen molar-refractivity contribution >= 4 is 5.91 Å². The molecule has 2 unspecified atom stereocenters. The summed E-state index contributed by atoms with van der Waals surface area (Å²) in [5, 5.41) is 19.9. The van der Waals surface area contributed by atoms with Crippen molar-refractivity contribution in [2.24, 2.45) is 0 Å². The molecule has 1 fully saturated rings. The molecule has 5 heteroatoms. The highest BCUT2D eigenvalue weighted by Gasteiger charge is 2.24. The van der Waals surface area contributed by atoms with Crippen molar-refractivity contribution in [2.75, 3.05) is 26.2 Å². The van der Waals surface area contributed by atoms with Crippen molar-refractivity contribution in [2.45, 2.75) is 38.8 Å². The van der Waals surface area contributed by atoms with E-state index in [1.54, 1.807) is 17.0 Å². The van der Waals surface area contributed by atoms with Gasteiger partial charge in [0.15, 0.2) is 0 Å². The molecule has 2 atom stereocenters. The number of likely N-dealkylation sites (tertiary alicyclic amines) is 1. The number of carbonyl (C=O) groups is 1. The summed E-state index contributed by atoms with van der Waals surface area (Å²) in [6, 6.07) is 7.31. The van der Waals surface area contributed by atoms with Crippen molar-refractivity contribution in [1.29, 1.82) is 0 Å². The van der Waals surface area contributed by atoms with E-state index in [2.05, 4.69) is 11.8 Å². The molecule has 0 radical (unpaired) electrons. The largest absolute Gasteiger partial charge is 0.508 e. The second-order valence-electron chi connectivity index (χ2n) is 5.96. The molecule has 2 rings (SSSR count). The van der Waals surface area contributed by atoms with E-state index in [4.69, 9.17) is 0 Å². The number of hydrogen-bond acceptors (Lipinski definition) is 4. The first-order valence-corrected chi connectivity index (χ1v) is 8.00. The molecule has 1 amide bonds. The van der Waals surface area contributed by atoms with Gasteiger partial charge in [-0.05, 0) is 37.6 Å². The molecule has 0 spiro atoms. The summed E-state index contributed by atoms with van der Waals surface area (Å²) in [6.07, 6.45) is 0.939. The molecule has 2 N–H and O–H groups in total. The zero-order chi connectivity index (χ0) is 16.1. The van der Waals surface area contributed by atoms with Gasteiger partial charge in [-0.1, -0.05) is 19.1 Å². The highest BCUT2D eigenvalue weighted by molar-refractivity contribution is 5.78. The Morgan fingerprint density at radius 1 is 1.41 bits per heavy atom. The number of likely N-dealkylation sites (N-methyl/N-ethyl adjacent to an activating group) is 1. The van der Waals surface area contributed by atoms with Gasteiger partial charge in [0.05, 0.1) is 6.10 Å². The molecule has 1 saturated heterocycles. The zero-order valence-corrected chi connectivity index (χ0v) is 13.4. The lowest BCUT2D eigenvalue weighted by Gasteiger charge is -2.31. The summed E-state index contributed by atoms with van der Waals surface area (Å²) in [5.74, 6) is 0.395. The van der Waals surface area contributed by atoms with Gasteiger partial charge in [-0.2, -0.15) is 0 Å². The third-order valence-corrected chi connectivity index (χ3v) is 4.35. The number of β-amino-alcohol motifs (C(OH)–C–C–N with tert-alkyl or cyclic N) is 1. The van der Waals surface area contributed by atoms with Crippen molar-refractivity contribution in [1.82, 2.24) is 9.80 Å². The first kappa shape index (κ1) is 16.8. The van der Waals surface area contributed by atoms with Gasteiger partial charge >= 0.3 is 0 Å². The number of phenols is 1. The summed E-state index contributed by atoms with van der Waals surface area (Å²) >= 11 is 0. The minimum absolute atomic E-state index is 0.0982. The number of nitrogens with zero attached hydrogens (tertiary/aromatic N) is 2. The lowest BCUT2D eigenvalue weighted by Crippen LogP contribution is -2.41. The predicted octanol–water partition coefficient (Wildman–Crippen LogP) is 1.76. The summed E-state index contributed by atoms with van der Waals surface area (Å²) in [7, 11) is 0. The molecular formula is C17H26N2O3. The summed E-state index contributed by atoms with van der Waals surface area (Å²) < 4.78 is 0. The van der Waals surface area contributed by atoms with E-state index in [1.807, 2.05) is 19.1 Å². The Morgan fingerprint density at radius 3 is 2.77 bits per heavy atom. The standard InChI is InChI=1S/C17H26N2O3/c1-3-18(13(2)14-6-4-7-15(20)10-14)11-16(21)12-19-9-5-8-17(19)22/h4,6-7,10,13,16,20-21H,3,5,8-9,11-12H2,1-2H3. The Hall–Kier alpha value is -1.59. The van der Waals surface area contributed by atoms with Crippen LogP contribution in [-0.2, 0) is 4.79 Å². The third kappa shape index (κ3) is 4.21. The Labute approximate surface area is 132 Å². The number of rotatable bonds is 7. The van der Waals surface area contributed by atoms with Gasteiger partial charge in [-0.25, -0.2) is 0 Å². The maximum Gasteiger partial charge on any atom is 0.222 e. The first-order valence-electron chi connectivity index (χ1n) is 8.00. The second kappa shape index (κ2) is 7.61. The first-order chi connectivity index (χ1) is 10.5. The summed E-state index contributed by atoms with van der Waals surface area (Å²) in [6.45, 7) is 6.57. The van der Waals surface area contributed by atoms with E-state index in [9.17, 15) is 15.0 Å². The minimum Gasteiger partial charge on any atom is -0.508 e. The fourth-order valence-electron chi connectivity index (χ4n) is 3.04. The van der Waals surface area contributed by atoms with Gasteiger partial charge in [-0.3, -0.25) is 9.69 Å². The molecule has 5 nitrogen and oxygen atoms in total. The highest BCUT2D eigenvalue weighted by atomic mass is 16.3. The van der Waals surface area contributed by atoms with Crippen molar-refractivity contribution in [3.63, 3.8) is 0 Å². The smallest absolute Gasteiger partial charge is 0.222 e. The normalized spacial score (nSPS) is 18.0. The number of carbonyl (C=O) groups excluding carboxylic acids is 1. The Bertz CT molecular complexity index is 506. The molecule has 0 saturated carbocycles. The van der Waals surface area contributed by atoms with E-state index in [0.29, 0.717) is 19.5 Å². The maximum absolute atomic E-state index is 11.6. The Kier molecular flexibility index (Phi) is 5.80. The van der Waals surface area contributed by atoms with Crippen molar-refractivity contribution in [3.8, 4) is 5.75 Å². The van der Waals surface area contributed by atoms with Gasteiger partial charge < -0.3 is 15.1 Å². The lowest BCUT2D eigenvalue weighted by atomic mass is 10.1.